The molecule has 1 aromatic carbocycles. The molecule has 0 amide bonds. The number of esters is 1. The van der Waals surface area contributed by atoms with Gasteiger partial charge in [-0.15, -0.1) is 0 Å². The Hall–Kier alpha value is -1.32. The van der Waals surface area contributed by atoms with Crippen LogP contribution >= 0.6 is 11.6 Å². The lowest BCUT2D eigenvalue weighted by Crippen LogP contribution is -2.04. The van der Waals surface area contributed by atoms with Gasteiger partial charge in [0.25, 0.3) is 0 Å². The van der Waals surface area contributed by atoms with E-state index >= 15 is 0 Å². The Morgan fingerprint density at radius 1 is 1.41 bits per heavy atom. The van der Waals surface area contributed by atoms with Crippen molar-refractivity contribution in [2.45, 2.75) is 6.42 Å². The van der Waals surface area contributed by atoms with E-state index in [1.165, 1.54) is 6.08 Å². The maximum atomic E-state index is 11.3. The van der Waals surface area contributed by atoms with Crippen LogP contribution in [0.4, 0.5) is 0 Å². The van der Waals surface area contributed by atoms with Crippen LogP contribution in [0.15, 0.2) is 30.3 Å². The van der Waals surface area contributed by atoms with Gasteiger partial charge in [0.2, 0.25) is 0 Å². The average molecular weight is 255 g/mol. The van der Waals surface area contributed by atoms with Crippen molar-refractivity contribution in [1.29, 1.82) is 0 Å². The van der Waals surface area contributed by atoms with Crippen LogP contribution in [-0.4, -0.2) is 26.3 Å². The van der Waals surface area contributed by atoms with Gasteiger partial charge in [0, 0.05) is 31.2 Å². The molecule has 1 aromatic rings. The molecule has 0 bridgehead atoms. The first-order chi connectivity index (χ1) is 8.22. The zero-order chi connectivity index (χ0) is 12.5. The first-order valence-electron chi connectivity index (χ1n) is 5.31. The van der Waals surface area contributed by atoms with Crippen LogP contribution in [-0.2, 0) is 14.3 Å². The predicted molar refractivity (Wildman–Crippen MR) is 67.9 cm³/mol. The number of benzene rings is 1. The van der Waals surface area contributed by atoms with Gasteiger partial charge in [0.1, 0.15) is 0 Å². The highest BCUT2D eigenvalue weighted by atomic mass is 35.5. The van der Waals surface area contributed by atoms with Crippen molar-refractivity contribution in [3.63, 3.8) is 0 Å². The third kappa shape index (κ3) is 6.09. The Bertz CT molecular complexity index is 388. The van der Waals surface area contributed by atoms with Crippen molar-refractivity contribution >= 4 is 23.6 Å². The Labute approximate surface area is 106 Å². The van der Waals surface area contributed by atoms with Gasteiger partial charge in [0.05, 0.1) is 6.61 Å². The second-order valence-corrected chi connectivity index (χ2v) is 3.84. The molecule has 0 N–H and O–H groups in total. The molecule has 0 saturated heterocycles. The maximum absolute atomic E-state index is 11.3. The van der Waals surface area contributed by atoms with Crippen molar-refractivity contribution in [3.05, 3.63) is 40.9 Å². The van der Waals surface area contributed by atoms with Crippen molar-refractivity contribution in [3.8, 4) is 0 Å². The van der Waals surface area contributed by atoms with E-state index in [2.05, 4.69) is 0 Å². The molecule has 92 valence electrons. The smallest absolute Gasteiger partial charge is 0.330 e. The van der Waals surface area contributed by atoms with Gasteiger partial charge in [-0.1, -0.05) is 23.7 Å². The molecule has 0 aliphatic carbocycles. The zero-order valence-electron chi connectivity index (χ0n) is 9.69. The van der Waals surface area contributed by atoms with E-state index in [4.69, 9.17) is 21.1 Å². The van der Waals surface area contributed by atoms with Gasteiger partial charge in [-0.05, 0) is 23.8 Å². The minimum Gasteiger partial charge on any atom is -0.462 e. The van der Waals surface area contributed by atoms with E-state index in [0.29, 0.717) is 24.7 Å². The number of ether oxygens (including phenoxy) is 2. The number of carbonyl (C=O) groups excluding carboxylic acids is 1. The number of methoxy groups -OCH3 is 1. The second-order valence-electron chi connectivity index (χ2n) is 3.40. The summed E-state index contributed by atoms with van der Waals surface area (Å²) in [4.78, 5) is 11.3. The number of rotatable bonds is 6. The molecule has 0 saturated carbocycles. The summed E-state index contributed by atoms with van der Waals surface area (Å²) in [5.41, 5.74) is 0.867. The summed E-state index contributed by atoms with van der Waals surface area (Å²) in [6.07, 6.45) is 3.76. The van der Waals surface area contributed by atoms with Gasteiger partial charge in [-0.25, -0.2) is 4.79 Å². The minimum absolute atomic E-state index is 0.360. The molecular formula is C13H15ClO3. The largest absolute Gasteiger partial charge is 0.462 e. The molecule has 4 heteroatoms. The highest BCUT2D eigenvalue weighted by Gasteiger charge is 1.96. The maximum Gasteiger partial charge on any atom is 0.330 e. The molecule has 1 rings (SSSR count). The third-order valence-corrected chi connectivity index (χ3v) is 2.23. The predicted octanol–water partition coefficient (Wildman–Crippen LogP) is 2.93. The summed E-state index contributed by atoms with van der Waals surface area (Å²) >= 11 is 5.81. The summed E-state index contributed by atoms with van der Waals surface area (Å²) < 4.78 is 9.80. The molecule has 0 atom stereocenters. The molecule has 0 spiro atoms. The Morgan fingerprint density at radius 3 is 2.94 bits per heavy atom. The number of halogens is 1. The standard InChI is InChI=1S/C13H15ClO3/c1-16-8-3-9-17-13(15)7-6-11-4-2-5-12(14)10-11/h2,4-7,10H,3,8-9H2,1H3/b7-6+. The molecule has 0 fully saturated rings. The fraction of sp³-hybridized carbons (Fsp3) is 0.308. The summed E-state index contributed by atoms with van der Waals surface area (Å²) in [6.45, 7) is 0.956. The van der Waals surface area contributed by atoms with Gasteiger partial charge >= 0.3 is 5.97 Å². The highest BCUT2D eigenvalue weighted by molar-refractivity contribution is 6.30. The van der Waals surface area contributed by atoms with Gasteiger partial charge in [-0.3, -0.25) is 0 Å². The monoisotopic (exact) mass is 254 g/mol. The molecule has 0 unspecified atom stereocenters. The second kappa shape index (κ2) is 7.87. The summed E-state index contributed by atoms with van der Waals surface area (Å²) in [7, 11) is 1.61. The molecule has 0 aliphatic heterocycles. The van der Waals surface area contributed by atoms with E-state index in [1.807, 2.05) is 12.1 Å². The molecule has 0 aromatic heterocycles. The minimum atomic E-state index is -0.360. The lowest BCUT2D eigenvalue weighted by Gasteiger charge is -2.00. The third-order valence-electron chi connectivity index (χ3n) is 2.00. The van der Waals surface area contributed by atoms with Crippen LogP contribution in [0.3, 0.4) is 0 Å². The number of carbonyl (C=O) groups is 1. The quantitative estimate of drug-likeness (QED) is 0.445. The Kier molecular flexibility index (Phi) is 6.37. The average Bonchev–Trinajstić information content (AvgIpc) is 2.32. The lowest BCUT2D eigenvalue weighted by molar-refractivity contribution is -0.138. The summed E-state index contributed by atoms with van der Waals surface area (Å²) in [5.74, 6) is -0.360. The van der Waals surface area contributed by atoms with Crippen LogP contribution in [0.1, 0.15) is 12.0 Å². The number of hydrogen-bond donors (Lipinski definition) is 0. The molecule has 0 aliphatic rings. The van der Waals surface area contributed by atoms with Crippen molar-refractivity contribution < 1.29 is 14.3 Å². The van der Waals surface area contributed by atoms with E-state index in [-0.39, 0.29) is 5.97 Å². The Morgan fingerprint density at radius 2 is 2.24 bits per heavy atom. The first kappa shape index (κ1) is 13.7. The van der Waals surface area contributed by atoms with E-state index < -0.39 is 0 Å². The van der Waals surface area contributed by atoms with Crippen LogP contribution in [0, 0.1) is 0 Å². The van der Waals surface area contributed by atoms with Crippen LogP contribution in [0.2, 0.25) is 5.02 Å². The van der Waals surface area contributed by atoms with Crippen LogP contribution in [0.5, 0.6) is 0 Å². The summed E-state index contributed by atoms with van der Waals surface area (Å²) in [5, 5.41) is 0.639. The summed E-state index contributed by atoms with van der Waals surface area (Å²) in [6, 6.07) is 7.24. The fourth-order valence-electron chi connectivity index (χ4n) is 1.20. The van der Waals surface area contributed by atoms with Crippen LogP contribution in [0.25, 0.3) is 6.08 Å². The zero-order valence-corrected chi connectivity index (χ0v) is 10.4. The molecule has 3 nitrogen and oxygen atoms in total. The van der Waals surface area contributed by atoms with Crippen molar-refractivity contribution in [2.75, 3.05) is 20.3 Å². The Balaban J connectivity index is 2.35. The van der Waals surface area contributed by atoms with Gasteiger partial charge in [0.15, 0.2) is 0 Å². The van der Waals surface area contributed by atoms with Gasteiger partial charge < -0.3 is 9.47 Å². The molecule has 17 heavy (non-hydrogen) atoms. The van der Waals surface area contributed by atoms with Crippen molar-refractivity contribution in [2.24, 2.45) is 0 Å². The fourth-order valence-corrected chi connectivity index (χ4v) is 1.40. The topological polar surface area (TPSA) is 35.5 Å². The first-order valence-corrected chi connectivity index (χ1v) is 5.69. The molecule has 0 heterocycles. The molecule has 0 radical (unpaired) electrons. The van der Waals surface area contributed by atoms with E-state index in [1.54, 1.807) is 25.3 Å². The number of hydrogen-bond acceptors (Lipinski definition) is 3. The van der Waals surface area contributed by atoms with Gasteiger partial charge in [-0.2, -0.15) is 0 Å². The lowest BCUT2D eigenvalue weighted by atomic mass is 10.2. The highest BCUT2D eigenvalue weighted by Crippen LogP contribution is 2.11. The van der Waals surface area contributed by atoms with Crippen LogP contribution < -0.4 is 0 Å². The SMILES string of the molecule is COCCCOC(=O)/C=C/c1cccc(Cl)c1. The van der Waals surface area contributed by atoms with E-state index in [9.17, 15) is 4.79 Å². The van der Waals surface area contributed by atoms with E-state index in [0.717, 1.165) is 5.56 Å². The van der Waals surface area contributed by atoms with Crippen molar-refractivity contribution in [1.82, 2.24) is 0 Å². The normalized spacial score (nSPS) is 10.7. The molecular weight excluding hydrogens is 240 g/mol.